The van der Waals surface area contributed by atoms with E-state index in [0.717, 1.165) is 0 Å². The van der Waals surface area contributed by atoms with Crippen molar-refractivity contribution < 1.29 is 14.3 Å². The zero-order valence-electron chi connectivity index (χ0n) is 13.3. The number of aromatic nitrogens is 1. The van der Waals surface area contributed by atoms with E-state index >= 15 is 0 Å². The highest BCUT2D eigenvalue weighted by atomic mass is 32.1. The lowest BCUT2D eigenvalue weighted by Gasteiger charge is -2.02. The predicted octanol–water partition coefficient (Wildman–Crippen LogP) is 4.33. The number of thiazole rings is 1. The molecule has 2 N–H and O–H groups in total. The summed E-state index contributed by atoms with van der Waals surface area (Å²) in [5.41, 5.74) is 1.32. The van der Waals surface area contributed by atoms with Gasteiger partial charge in [0.1, 0.15) is 10.6 Å². The van der Waals surface area contributed by atoms with Crippen LogP contribution in [-0.2, 0) is 11.3 Å². The molecule has 0 atom stereocenters. The van der Waals surface area contributed by atoms with Crippen molar-refractivity contribution in [3.8, 4) is 5.88 Å². The third kappa shape index (κ3) is 4.23. The van der Waals surface area contributed by atoms with Gasteiger partial charge in [-0.2, -0.15) is 0 Å². The summed E-state index contributed by atoms with van der Waals surface area (Å²) in [7, 11) is 0. The van der Waals surface area contributed by atoms with Crippen molar-refractivity contribution in [1.82, 2.24) is 4.57 Å². The van der Waals surface area contributed by atoms with E-state index in [1.165, 1.54) is 18.3 Å². The van der Waals surface area contributed by atoms with E-state index < -0.39 is 0 Å². The number of anilines is 1. The Balaban J connectivity index is 1.82. The number of hydrogen-bond acceptors (Lipinski definition) is 6. The number of nitrogens with one attached hydrogen (secondary N) is 1. The number of aromatic hydroxyl groups is 1. The van der Waals surface area contributed by atoms with Gasteiger partial charge in [0.2, 0.25) is 11.8 Å². The number of amides is 1. The monoisotopic (exact) mass is 373 g/mol. The van der Waals surface area contributed by atoms with Crippen molar-refractivity contribution in [2.45, 2.75) is 13.5 Å². The zero-order valence-corrected chi connectivity index (χ0v) is 14.9. The van der Waals surface area contributed by atoms with Crippen LogP contribution in [0.15, 0.2) is 52.1 Å². The molecule has 3 aromatic rings. The van der Waals surface area contributed by atoms with Crippen molar-refractivity contribution in [2.75, 3.05) is 5.32 Å². The van der Waals surface area contributed by atoms with E-state index in [0.29, 0.717) is 32.5 Å². The molecule has 3 rings (SSSR count). The number of benzene rings is 1. The molecular formula is C17H15N3O3S2. The maximum atomic E-state index is 11.1. The standard InChI is InChI=1S/C17H15N3O3S2/c1-11(21)19-13-5-2-4-12(8-13)18-9-15-16(22)20(17(24)25-15)10-14-6-3-7-23-14/h2-9,22H,10H2,1H3,(H,19,21). The molecule has 1 amide bonds. The Labute approximate surface area is 153 Å². The molecule has 128 valence electrons. The minimum absolute atomic E-state index is 0.0492. The highest BCUT2D eigenvalue weighted by Gasteiger charge is 2.11. The largest absolute Gasteiger partial charge is 0.493 e. The molecule has 0 fully saturated rings. The van der Waals surface area contributed by atoms with Gasteiger partial charge in [-0.15, -0.1) is 0 Å². The van der Waals surface area contributed by atoms with Crippen LogP contribution in [0.1, 0.15) is 17.6 Å². The Bertz CT molecular complexity index is 971. The number of hydrogen-bond donors (Lipinski definition) is 2. The van der Waals surface area contributed by atoms with Gasteiger partial charge in [-0.1, -0.05) is 17.4 Å². The van der Waals surface area contributed by atoms with E-state index in [9.17, 15) is 9.90 Å². The summed E-state index contributed by atoms with van der Waals surface area (Å²) in [5.74, 6) is 0.607. The molecule has 1 aromatic carbocycles. The second-order valence-electron chi connectivity index (χ2n) is 5.21. The van der Waals surface area contributed by atoms with Crippen molar-refractivity contribution in [1.29, 1.82) is 0 Å². The summed E-state index contributed by atoms with van der Waals surface area (Å²) in [6.07, 6.45) is 3.13. The maximum Gasteiger partial charge on any atom is 0.221 e. The van der Waals surface area contributed by atoms with Crippen LogP contribution in [0.2, 0.25) is 0 Å². The SMILES string of the molecule is CC(=O)Nc1cccc(N=Cc2sc(=S)n(Cc3ccco3)c2O)c1. The third-order valence-corrected chi connectivity index (χ3v) is 4.66. The molecule has 0 radical (unpaired) electrons. The molecule has 2 aromatic heterocycles. The maximum absolute atomic E-state index is 11.1. The van der Waals surface area contributed by atoms with E-state index in [-0.39, 0.29) is 11.8 Å². The fraction of sp³-hybridized carbons (Fsp3) is 0.118. The van der Waals surface area contributed by atoms with Gasteiger partial charge in [0.25, 0.3) is 0 Å². The first kappa shape index (κ1) is 17.1. The molecule has 0 aliphatic heterocycles. The molecule has 0 aliphatic rings. The van der Waals surface area contributed by atoms with Gasteiger partial charge in [-0.25, -0.2) is 0 Å². The highest BCUT2D eigenvalue weighted by molar-refractivity contribution is 7.73. The quantitative estimate of drug-likeness (QED) is 0.515. The first-order valence-corrected chi connectivity index (χ1v) is 8.62. The topological polar surface area (TPSA) is 79.8 Å². The van der Waals surface area contributed by atoms with E-state index in [1.54, 1.807) is 47.4 Å². The molecule has 25 heavy (non-hydrogen) atoms. The molecule has 0 spiro atoms. The van der Waals surface area contributed by atoms with Gasteiger partial charge in [0.15, 0.2) is 3.95 Å². The smallest absolute Gasteiger partial charge is 0.221 e. The Morgan fingerprint density at radius 2 is 2.28 bits per heavy atom. The van der Waals surface area contributed by atoms with Crippen molar-refractivity contribution in [2.24, 2.45) is 4.99 Å². The minimum atomic E-state index is -0.147. The van der Waals surface area contributed by atoms with Crippen LogP contribution in [0.4, 0.5) is 11.4 Å². The Morgan fingerprint density at radius 3 is 3.00 bits per heavy atom. The van der Waals surface area contributed by atoms with E-state index in [4.69, 9.17) is 16.6 Å². The molecule has 0 saturated carbocycles. The lowest BCUT2D eigenvalue weighted by atomic mass is 10.3. The van der Waals surface area contributed by atoms with Crippen LogP contribution in [0.5, 0.6) is 5.88 Å². The van der Waals surface area contributed by atoms with Gasteiger partial charge >= 0.3 is 0 Å². The van der Waals surface area contributed by atoms with Gasteiger partial charge in [-0.3, -0.25) is 14.4 Å². The summed E-state index contributed by atoms with van der Waals surface area (Å²) in [6.45, 7) is 1.81. The van der Waals surface area contributed by atoms with Crippen molar-refractivity contribution in [3.63, 3.8) is 0 Å². The van der Waals surface area contributed by atoms with E-state index in [1.807, 2.05) is 6.07 Å². The molecule has 0 saturated heterocycles. The summed E-state index contributed by atoms with van der Waals surface area (Å²) >= 11 is 6.57. The number of aliphatic imine (C=N–C) groups is 1. The number of carbonyl (C=O) groups is 1. The molecule has 6 nitrogen and oxygen atoms in total. The van der Waals surface area contributed by atoms with Gasteiger partial charge in [-0.05, 0) is 42.5 Å². The minimum Gasteiger partial charge on any atom is -0.493 e. The second kappa shape index (κ2) is 7.45. The first-order valence-electron chi connectivity index (χ1n) is 7.39. The van der Waals surface area contributed by atoms with Gasteiger partial charge in [0.05, 0.1) is 24.7 Å². The zero-order chi connectivity index (χ0) is 17.8. The summed E-state index contributed by atoms with van der Waals surface area (Å²) < 4.78 is 7.41. The average molecular weight is 373 g/mol. The summed E-state index contributed by atoms with van der Waals surface area (Å²) in [6, 6.07) is 10.7. The average Bonchev–Trinajstić information content (AvgIpc) is 3.17. The van der Waals surface area contributed by atoms with Crippen LogP contribution in [0.3, 0.4) is 0 Å². The molecule has 2 heterocycles. The van der Waals surface area contributed by atoms with Crippen molar-refractivity contribution >= 4 is 47.1 Å². The molecule has 8 heteroatoms. The van der Waals surface area contributed by atoms with Crippen LogP contribution in [0.25, 0.3) is 0 Å². The molecule has 0 bridgehead atoms. The predicted molar refractivity (Wildman–Crippen MR) is 101 cm³/mol. The molecule has 0 aliphatic carbocycles. The molecular weight excluding hydrogens is 358 g/mol. The van der Waals surface area contributed by atoms with Gasteiger partial charge in [0, 0.05) is 12.6 Å². The second-order valence-corrected chi connectivity index (χ2v) is 6.89. The summed E-state index contributed by atoms with van der Waals surface area (Å²) in [5, 5.41) is 13.1. The Hall–Kier alpha value is -2.71. The summed E-state index contributed by atoms with van der Waals surface area (Å²) in [4.78, 5) is 16.0. The Morgan fingerprint density at radius 1 is 1.44 bits per heavy atom. The number of furan rings is 1. The molecule has 0 unspecified atom stereocenters. The third-order valence-electron chi connectivity index (χ3n) is 3.29. The van der Waals surface area contributed by atoms with Crippen LogP contribution in [0, 0.1) is 3.95 Å². The fourth-order valence-electron chi connectivity index (χ4n) is 2.20. The van der Waals surface area contributed by atoms with E-state index in [2.05, 4.69) is 10.3 Å². The van der Waals surface area contributed by atoms with Crippen LogP contribution in [-0.4, -0.2) is 21.8 Å². The van der Waals surface area contributed by atoms with Crippen molar-refractivity contribution in [3.05, 3.63) is 57.3 Å². The fourth-order valence-corrected chi connectivity index (χ4v) is 3.37. The normalized spacial score (nSPS) is 11.1. The Kier molecular flexibility index (Phi) is 5.11. The highest BCUT2D eigenvalue weighted by Crippen LogP contribution is 2.26. The first-order chi connectivity index (χ1) is 12.0. The number of nitrogens with zero attached hydrogens (tertiary/aromatic N) is 2. The van der Waals surface area contributed by atoms with Gasteiger partial charge < -0.3 is 14.8 Å². The number of carbonyl (C=O) groups excluding carboxylic acids is 1. The van der Waals surface area contributed by atoms with Crippen LogP contribution < -0.4 is 5.32 Å². The lowest BCUT2D eigenvalue weighted by molar-refractivity contribution is -0.114. The van der Waals surface area contributed by atoms with Crippen LogP contribution >= 0.6 is 23.6 Å². The number of rotatable bonds is 5. The lowest BCUT2D eigenvalue weighted by Crippen LogP contribution is -2.05.